The number of nitrogens with one attached hydrogen (secondary N) is 2. The van der Waals surface area contributed by atoms with Crippen LogP contribution in [0, 0.1) is 0 Å². The third-order valence-electron chi connectivity index (χ3n) is 3.51. The van der Waals surface area contributed by atoms with Crippen molar-refractivity contribution in [2.24, 2.45) is 0 Å². The van der Waals surface area contributed by atoms with Crippen LogP contribution in [-0.4, -0.2) is 23.2 Å². The van der Waals surface area contributed by atoms with Crippen LogP contribution in [0.5, 0.6) is 0 Å². The van der Waals surface area contributed by atoms with Gasteiger partial charge in [0.05, 0.1) is 18.9 Å². The molecule has 6 nitrogen and oxygen atoms in total. The maximum atomic E-state index is 11.6. The molecular formula is C13H10N2O4. The van der Waals surface area contributed by atoms with E-state index in [0.29, 0.717) is 24.6 Å². The number of benzene rings is 1. The van der Waals surface area contributed by atoms with E-state index in [1.807, 2.05) is 24.3 Å². The summed E-state index contributed by atoms with van der Waals surface area (Å²) in [5.41, 5.74) is 1.26. The topological polar surface area (TPSA) is 84.2 Å². The molecule has 96 valence electrons. The first-order chi connectivity index (χ1) is 9.22. The van der Waals surface area contributed by atoms with Crippen LogP contribution in [0.25, 0.3) is 11.3 Å². The van der Waals surface area contributed by atoms with Gasteiger partial charge in [-0.3, -0.25) is 9.59 Å². The van der Waals surface area contributed by atoms with E-state index in [1.54, 1.807) is 0 Å². The van der Waals surface area contributed by atoms with E-state index in [-0.39, 0.29) is 0 Å². The molecule has 1 aromatic carbocycles. The van der Waals surface area contributed by atoms with Crippen LogP contribution in [0.2, 0.25) is 0 Å². The summed E-state index contributed by atoms with van der Waals surface area (Å²) >= 11 is 0. The van der Waals surface area contributed by atoms with Gasteiger partial charge in [0.2, 0.25) is 5.79 Å². The van der Waals surface area contributed by atoms with Crippen molar-refractivity contribution in [3.05, 3.63) is 56.2 Å². The third-order valence-corrected chi connectivity index (χ3v) is 3.51. The van der Waals surface area contributed by atoms with E-state index in [1.165, 1.54) is 0 Å². The Bertz CT molecular complexity index is 784. The lowest BCUT2D eigenvalue weighted by Gasteiger charge is -2.23. The number of H-pyrrole nitrogens is 2. The van der Waals surface area contributed by atoms with Crippen LogP contribution in [-0.2, 0) is 15.3 Å². The molecule has 1 aromatic heterocycles. The van der Waals surface area contributed by atoms with Crippen molar-refractivity contribution in [1.29, 1.82) is 0 Å². The molecule has 19 heavy (non-hydrogen) atoms. The molecule has 2 aliphatic rings. The summed E-state index contributed by atoms with van der Waals surface area (Å²) in [6.07, 6.45) is 0. The van der Waals surface area contributed by atoms with Gasteiger partial charge >= 0.3 is 11.1 Å². The zero-order valence-corrected chi connectivity index (χ0v) is 9.86. The fraction of sp³-hybridized carbons (Fsp3) is 0.231. The van der Waals surface area contributed by atoms with E-state index < -0.39 is 16.9 Å². The molecular weight excluding hydrogens is 248 g/mol. The number of fused-ring (bicyclic) bond motifs is 5. The maximum absolute atomic E-state index is 11.6. The molecule has 0 amide bonds. The van der Waals surface area contributed by atoms with E-state index in [9.17, 15) is 9.59 Å². The van der Waals surface area contributed by atoms with E-state index >= 15 is 0 Å². The van der Waals surface area contributed by atoms with Crippen LogP contribution in [0.4, 0.5) is 0 Å². The van der Waals surface area contributed by atoms with E-state index in [2.05, 4.69) is 9.97 Å². The smallest absolute Gasteiger partial charge is 0.314 e. The van der Waals surface area contributed by atoms with Crippen LogP contribution in [0.3, 0.4) is 0 Å². The molecule has 1 saturated heterocycles. The zero-order valence-electron chi connectivity index (χ0n) is 9.86. The average Bonchev–Trinajstić information content (AvgIpc) is 3.00. The molecule has 1 aliphatic carbocycles. The molecule has 1 fully saturated rings. The minimum atomic E-state index is -1.09. The highest BCUT2D eigenvalue weighted by Gasteiger charge is 2.50. The molecule has 0 atom stereocenters. The van der Waals surface area contributed by atoms with Crippen LogP contribution in [0.1, 0.15) is 11.3 Å². The van der Waals surface area contributed by atoms with Gasteiger partial charge in [-0.2, -0.15) is 0 Å². The number of rotatable bonds is 0. The van der Waals surface area contributed by atoms with E-state index in [0.717, 1.165) is 11.1 Å². The number of hydrogen-bond acceptors (Lipinski definition) is 4. The van der Waals surface area contributed by atoms with Gasteiger partial charge in [0, 0.05) is 11.1 Å². The first-order valence-electron chi connectivity index (χ1n) is 5.97. The lowest BCUT2D eigenvalue weighted by molar-refractivity contribution is -0.129. The molecule has 0 unspecified atom stereocenters. The standard InChI is InChI=1S/C13H10N2O4/c16-11-12(17)15-10-9(14-11)7-3-1-2-4-8(7)13(10)18-5-6-19-13/h1-4H,5-6H2,(H,14,16)(H,15,17). The van der Waals surface area contributed by atoms with Gasteiger partial charge < -0.3 is 19.4 Å². The largest absolute Gasteiger partial charge is 0.339 e. The van der Waals surface area contributed by atoms with Gasteiger partial charge in [0.25, 0.3) is 0 Å². The summed E-state index contributed by atoms with van der Waals surface area (Å²) in [6.45, 7) is 0.879. The number of aromatic amines is 2. The van der Waals surface area contributed by atoms with E-state index in [4.69, 9.17) is 9.47 Å². The molecule has 4 rings (SSSR count). The average molecular weight is 258 g/mol. The summed E-state index contributed by atoms with van der Waals surface area (Å²) in [5.74, 6) is -1.09. The minimum Gasteiger partial charge on any atom is -0.339 e. The van der Waals surface area contributed by atoms with Gasteiger partial charge in [0.15, 0.2) is 0 Å². The number of aromatic nitrogens is 2. The molecule has 0 radical (unpaired) electrons. The van der Waals surface area contributed by atoms with Crippen LogP contribution >= 0.6 is 0 Å². The van der Waals surface area contributed by atoms with Crippen LogP contribution in [0.15, 0.2) is 33.9 Å². The highest BCUT2D eigenvalue weighted by molar-refractivity contribution is 5.74. The van der Waals surface area contributed by atoms with Crippen molar-refractivity contribution in [2.45, 2.75) is 5.79 Å². The molecule has 2 heterocycles. The molecule has 2 N–H and O–H groups in total. The quantitative estimate of drug-likeness (QED) is 0.665. The van der Waals surface area contributed by atoms with Gasteiger partial charge in [-0.05, 0) is 0 Å². The Morgan fingerprint density at radius 1 is 1.00 bits per heavy atom. The van der Waals surface area contributed by atoms with Crippen molar-refractivity contribution in [1.82, 2.24) is 9.97 Å². The van der Waals surface area contributed by atoms with Crippen molar-refractivity contribution >= 4 is 0 Å². The Hall–Kier alpha value is -2.18. The fourth-order valence-electron chi connectivity index (χ4n) is 2.75. The van der Waals surface area contributed by atoms with Crippen molar-refractivity contribution in [3.63, 3.8) is 0 Å². The fourth-order valence-corrected chi connectivity index (χ4v) is 2.75. The Balaban J connectivity index is 2.14. The van der Waals surface area contributed by atoms with Crippen LogP contribution < -0.4 is 11.1 Å². The molecule has 0 saturated carbocycles. The Kier molecular flexibility index (Phi) is 1.94. The predicted molar refractivity (Wildman–Crippen MR) is 65.8 cm³/mol. The Morgan fingerprint density at radius 2 is 1.68 bits per heavy atom. The second-order valence-corrected chi connectivity index (χ2v) is 4.52. The SMILES string of the molecule is O=c1[nH]c2c([nH]c1=O)C1(OCCO1)c1ccccc1-2. The Labute approximate surface area is 107 Å². The molecule has 0 bridgehead atoms. The molecule has 6 heteroatoms. The highest BCUT2D eigenvalue weighted by atomic mass is 16.7. The zero-order chi connectivity index (χ0) is 13.0. The van der Waals surface area contributed by atoms with Crippen molar-refractivity contribution in [3.8, 4) is 11.3 Å². The summed E-state index contributed by atoms with van der Waals surface area (Å²) in [5, 5.41) is 0. The van der Waals surface area contributed by atoms with Gasteiger partial charge in [-0.25, -0.2) is 0 Å². The second kappa shape index (κ2) is 3.43. The van der Waals surface area contributed by atoms with Gasteiger partial charge in [0.1, 0.15) is 5.69 Å². The van der Waals surface area contributed by atoms with Crippen molar-refractivity contribution in [2.75, 3.05) is 13.2 Å². The number of hydrogen-bond donors (Lipinski definition) is 2. The van der Waals surface area contributed by atoms with Gasteiger partial charge in [-0.1, -0.05) is 24.3 Å². The molecule has 1 spiro atoms. The monoisotopic (exact) mass is 258 g/mol. The summed E-state index contributed by atoms with van der Waals surface area (Å²) in [7, 11) is 0. The number of ether oxygens (including phenoxy) is 2. The summed E-state index contributed by atoms with van der Waals surface area (Å²) in [4.78, 5) is 28.3. The second-order valence-electron chi connectivity index (χ2n) is 4.52. The first-order valence-corrected chi connectivity index (χ1v) is 5.97. The minimum absolute atomic E-state index is 0.439. The molecule has 2 aromatic rings. The lowest BCUT2D eigenvalue weighted by Crippen LogP contribution is -2.35. The summed E-state index contributed by atoms with van der Waals surface area (Å²) in [6, 6.07) is 7.47. The molecule has 1 aliphatic heterocycles. The van der Waals surface area contributed by atoms with Crippen molar-refractivity contribution < 1.29 is 9.47 Å². The first kappa shape index (κ1) is 10.7. The Morgan fingerprint density at radius 3 is 2.47 bits per heavy atom. The lowest BCUT2D eigenvalue weighted by atomic mass is 10.1. The maximum Gasteiger partial charge on any atom is 0.314 e. The normalized spacial score (nSPS) is 18.5. The summed E-state index contributed by atoms with van der Waals surface area (Å²) < 4.78 is 11.5. The van der Waals surface area contributed by atoms with Gasteiger partial charge in [-0.15, -0.1) is 0 Å². The third kappa shape index (κ3) is 1.22. The predicted octanol–water partition coefficient (Wildman–Crippen LogP) is 0.291. The highest BCUT2D eigenvalue weighted by Crippen LogP contribution is 2.49.